The zero-order valence-corrected chi connectivity index (χ0v) is 14.6. The molecule has 21 heavy (non-hydrogen) atoms. The molecule has 1 amide bonds. The lowest BCUT2D eigenvalue weighted by atomic mass is 10.2. The molecule has 0 aliphatic carbocycles. The SMILES string of the molecule is COc1ccc(C(=O)NC(=S)NC[C@@H]2CCCO2)cc1I. The van der Waals surface area contributed by atoms with Gasteiger partial charge >= 0.3 is 0 Å². The van der Waals surface area contributed by atoms with Gasteiger partial charge < -0.3 is 14.8 Å². The number of hydrogen-bond acceptors (Lipinski definition) is 4. The molecule has 1 aliphatic heterocycles. The summed E-state index contributed by atoms with van der Waals surface area (Å²) in [7, 11) is 1.60. The van der Waals surface area contributed by atoms with Gasteiger partial charge in [0.2, 0.25) is 0 Å². The van der Waals surface area contributed by atoms with Crippen LogP contribution in [0.5, 0.6) is 5.75 Å². The van der Waals surface area contributed by atoms with E-state index in [1.54, 1.807) is 25.3 Å². The predicted octanol–water partition coefficient (Wildman–Crippen LogP) is 2.08. The number of hydrogen-bond donors (Lipinski definition) is 2. The second-order valence-electron chi connectivity index (χ2n) is 4.65. The highest BCUT2D eigenvalue weighted by molar-refractivity contribution is 14.1. The van der Waals surface area contributed by atoms with Crippen molar-refractivity contribution >= 4 is 45.8 Å². The Hall–Kier alpha value is -0.930. The molecule has 0 unspecified atom stereocenters. The van der Waals surface area contributed by atoms with Gasteiger partial charge in [0.15, 0.2) is 5.11 Å². The minimum atomic E-state index is -0.236. The molecule has 0 saturated carbocycles. The number of ether oxygens (including phenoxy) is 2. The number of methoxy groups -OCH3 is 1. The van der Waals surface area contributed by atoms with Crippen LogP contribution in [0.3, 0.4) is 0 Å². The van der Waals surface area contributed by atoms with Gasteiger partial charge in [-0.15, -0.1) is 0 Å². The van der Waals surface area contributed by atoms with Crippen molar-refractivity contribution in [2.24, 2.45) is 0 Å². The molecule has 7 heteroatoms. The van der Waals surface area contributed by atoms with Crippen molar-refractivity contribution in [1.29, 1.82) is 0 Å². The molecule has 1 aliphatic rings. The molecule has 0 bridgehead atoms. The predicted molar refractivity (Wildman–Crippen MR) is 92.8 cm³/mol. The largest absolute Gasteiger partial charge is 0.496 e. The Bertz CT molecular complexity index is 533. The zero-order chi connectivity index (χ0) is 15.2. The van der Waals surface area contributed by atoms with E-state index in [0.717, 1.165) is 28.8 Å². The smallest absolute Gasteiger partial charge is 0.257 e. The van der Waals surface area contributed by atoms with Crippen molar-refractivity contribution in [1.82, 2.24) is 10.6 Å². The van der Waals surface area contributed by atoms with Crippen LogP contribution < -0.4 is 15.4 Å². The fourth-order valence-corrected chi connectivity index (χ4v) is 2.95. The van der Waals surface area contributed by atoms with E-state index in [2.05, 4.69) is 33.2 Å². The summed E-state index contributed by atoms with van der Waals surface area (Å²) in [4.78, 5) is 12.1. The summed E-state index contributed by atoms with van der Waals surface area (Å²) in [5.41, 5.74) is 0.543. The second-order valence-corrected chi connectivity index (χ2v) is 6.22. The molecule has 1 fully saturated rings. The van der Waals surface area contributed by atoms with Gasteiger partial charge in [-0.05, 0) is 65.8 Å². The van der Waals surface area contributed by atoms with E-state index in [9.17, 15) is 4.79 Å². The Kier molecular flexibility index (Phi) is 6.19. The minimum absolute atomic E-state index is 0.182. The van der Waals surface area contributed by atoms with E-state index in [4.69, 9.17) is 21.7 Å². The Morgan fingerprint density at radius 2 is 2.38 bits per heavy atom. The number of carbonyl (C=O) groups is 1. The molecule has 1 heterocycles. The van der Waals surface area contributed by atoms with Crippen LogP contribution in [0.1, 0.15) is 23.2 Å². The number of nitrogens with one attached hydrogen (secondary N) is 2. The summed E-state index contributed by atoms with van der Waals surface area (Å²) < 4.78 is 11.5. The van der Waals surface area contributed by atoms with E-state index in [0.29, 0.717) is 17.2 Å². The van der Waals surface area contributed by atoms with Crippen molar-refractivity contribution in [2.75, 3.05) is 20.3 Å². The van der Waals surface area contributed by atoms with E-state index in [1.165, 1.54) is 0 Å². The van der Waals surface area contributed by atoms with Crippen molar-refractivity contribution in [3.05, 3.63) is 27.3 Å². The number of benzene rings is 1. The highest BCUT2D eigenvalue weighted by atomic mass is 127. The van der Waals surface area contributed by atoms with E-state index >= 15 is 0 Å². The van der Waals surface area contributed by atoms with Crippen molar-refractivity contribution < 1.29 is 14.3 Å². The Labute approximate surface area is 142 Å². The first kappa shape index (κ1) is 16.4. The minimum Gasteiger partial charge on any atom is -0.496 e. The Morgan fingerprint density at radius 3 is 3.00 bits per heavy atom. The van der Waals surface area contributed by atoms with Gasteiger partial charge in [0.25, 0.3) is 5.91 Å². The first-order valence-corrected chi connectivity index (χ1v) is 8.13. The monoisotopic (exact) mass is 420 g/mol. The summed E-state index contributed by atoms with van der Waals surface area (Å²) in [5.74, 6) is 0.506. The fourth-order valence-electron chi connectivity index (χ4n) is 2.04. The Morgan fingerprint density at radius 1 is 1.57 bits per heavy atom. The number of rotatable bonds is 4. The normalized spacial score (nSPS) is 17.3. The van der Waals surface area contributed by atoms with Crippen LogP contribution >= 0.6 is 34.8 Å². The lowest BCUT2D eigenvalue weighted by Crippen LogP contribution is -2.42. The summed E-state index contributed by atoms with van der Waals surface area (Å²) in [6.45, 7) is 1.43. The standard InChI is InChI=1S/C14H17IN2O3S/c1-19-12-5-4-9(7-11(12)15)13(18)17-14(21)16-8-10-3-2-6-20-10/h4-5,7,10H,2-3,6,8H2,1H3,(H2,16,17,18,21)/t10-/m0/s1. The molecular formula is C14H17IN2O3S. The van der Waals surface area contributed by atoms with Gasteiger partial charge in [0.05, 0.1) is 16.8 Å². The molecule has 2 N–H and O–H groups in total. The molecule has 1 atom stereocenters. The zero-order valence-electron chi connectivity index (χ0n) is 11.6. The third kappa shape index (κ3) is 4.79. The van der Waals surface area contributed by atoms with Gasteiger partial charge in [0.1, 0.15) is 5.75 Å². The maximum atomic E-state index is 12.1. The van der Waals surface area contributed by atoms with Gasteiger partial charge in [0, 0.05) is 18.7 Å². The van der Waals surface area contributed by atoms with Crippen molar-refractivity contribution in [3.8, 4) is 5.75 Å². The van der Waals surface area contributed by atoms with Gasteiger partial charge in [-0.25, -0.2) is 0 Å². The first-order chi connectivity index (χ1) is 10.1. The van der Waals surface area contributed by atoms with Crippen LogP contribution in [0, 0.1) is 3.57 Å². The summed E-state index contributed by atoms with van der Waals surface area (Å²) in [6.07, 6.45) is 2.29. The summed E-state index contributed by atoms with van der Waals surface area (Å²) in [5, 5.41) is 6.00. The first-order valence-electron chi connectivity index (χ1n) is 6.64. The van der Waals surface area contributed by atoms with Crippen LogP contribution in [0.2, 0.25) is 0 Å². The van der Waals surface area contributed by atoms with Crippen LogP contribution in [-0.4, -0.2) is 37.4 Å². The molecule has 0 spiro atoms. The fraction of sp³-hybridized carbons (Fsp3) is 0.429. The number of thiocarbonyl (C=S) groups is 1. The molecule has 5 nitrogen and oxygen atoms in total. The molecule has 114 valence electrons. The topological polar surface area (TPSA) is 59.6 Å². The van der Waals surface area contributed by atoms with Gasteiger partial charge in [-0.3, -0.25) is 10.1 Å². The average molecular weight is 420 g/mol. The number of carbonyl (C=O) groups excluding carboxylic acids is 1. The molecule has 1 aromatic carbocycles. The van der Waals surface area contributed by atoms with E-state index in [1.807, 2.05) is 0 Å². The highest BCUT2D eigenvalue weighted by Gasteiger charge is 2.16. The maximum Gasteiger partial charge on any atom is 0.257 e. The molecule has 0 aromatic heterocycles. The molecule has 1 aromatic rings. The molecule has 2 rings (SSSR count). The highest BCUT2D eigenvalue weighted by Crippen LogP contribution is 2.21. The van der Waals surface area contributed by atoms with Crippen LogP contribution in [-0.2, 0) is 4.74 Å². The van der Waals surface area contributed by atoms with Gasteiger partial charge in [-0.2, -0.15) is 0 Å². The number of halogens is 1. The Balaban J connectivity index is 1.85. The summed E-state index contributed by atoms with van der Waals surface area (Å²) in [6, 6.07) is 5.23. The van der Waals surface area contributed by atoms with E-state index < -0.39 is 0 Å². The molecule has 1 saturated heterocycles. The quantitative estimate of drug-likeness (QED) is 0.577. The maximum absolute atomic E-state index is 12.1. The van der Waals surface area contributed by atoms with E-state index in [-0.39, 0.29) is 12.0 Å². The van der Waals surface area contributed by atoms with Crippen LogP contribution in [0.15, 0.2) is 18.2 Å². The molecule has 0 radical (unpaired) electrons. The van der Waals surface area contributed by atoms with Crippen LogP contribution in [0.25, 0.3) is 0 Å². The van der Waals surface area contributed by atoms with Crippen molar-refractivity contribution in [2.45, 2.75) is 18.9 Å². The van der Waals surface area contributed by atoms with Crippen molar-refractivity contribution in [3.63, 3.8) is 0 Å². The average Bonchev–Trinajstić information content (AvgIpc) is 2.98. The van der Waals surface area contributed by atoms with Crippen LogP contribution in [0.4, 0.5) is 0 Å². The lowest BCUT2D eigenvalue weighted by molar-refractivity contribution is 0.0973. The second kappa shape index (κ2) is 7.90. The number of amides is 1. The third-order valence-electron chi connectivity index (χ3n) is 3.16. The molecular weight excluding hydrogens is 403 g/mol. The summed E-state index contributed by atoms with van der Waals surface area (Å²) >= 11 is 7.25. The third-order valence-corrected chi connectivity index (χ3v) is 4.24. The van der Waals surface area contributed by atoms with Gasteiger partial charge in [-0.1, -0.05) is 0 Å². The lowest BCUT2D eigenvalue weighted by Gasteiger charge is -2.13.